The van der Waals surface area contributed by atoms with E-state index in [9.17, 15) is 19.5 Å². The van der Waals surface area contributed by atoms with Crippen molar-refractivity contribution in [3.05, 3.63) is 65.7 Å². The van der Waals surface area contributed by atoms with Crippen molar-refractivity contribution >= 4 is 18.1 Å². The van der Waals surface area contributed by atoms with E-state index in [1.807, 2.05) is 30.3 Å². The van der Waals surface area contributed by atoms with Gasteiger partial charge in [-0.25, -0.2) is 9.59 Å². The predicted molar refractivity (Wildman–Crippen MR) is 134 cm³/mol. The molecule has 0 saturated carbocycles. The Labute approximate surface area is 212 Å². The summed E-state index contributed by atoms with van der Waals surface area (Å²) in [5.41, 5.74) is 0.977. The van der Waals surface area contributed by atoms with Gasteiger partial charge in [-0.15, -0.1) is 0 Å². The minimum absolute atomic E-state index is 0.119. The monoisotopic (exact) mass is 497 g/mol. The lowest BCUT2D eigenvalue weighted by Crippen LogP contribution is -2.51. The quantitative estimate of drug-likeness (QED) is 0.630. The Balaban J connectivity index is 1.62. The molecule has 0 radical (unpaired) electrons. The van der Waals surface area contributed by atoms with Crippen molar-refractivity contribution in [1.29, 1.82) is 0 Å². The number of nitrogens with zero attached hydrogens (tertiary/aromatic N) is 2. The van der Waals surface area contributed by atoms with Crippen molar-refractivity contribution in [3.63, 3.8) is 0 Å². The molecule has 9 nitrogen and oxygen atoms in total. The fourth-order valence-corrected chi connectivity index (χ4v) is 3.87. The molecule has 0 spiro atoms. The summed E-state index contributed by atoms with van der Waals surface area (Å²) in [6, 6.07) is 15.1. The van der Waals surface area contributed by atoms with Crippen LogP contribution in [0, 0.1) is 0 Å². The molecule has 0 bridgehead atoms. The number of ether oxygens (including phenoxy) is 2. The van der Waals surface area contributed by atoms with Gasteiger partial charge in [0.05, 0.1) is 0 Å². The van der Waals surface area contributed by atoms with Crippen LogP contribution in [0.2, 0.25) is 0 Å². The molecule has 9 heteroatoms. The largest absolute Gasteiger partial charge is 0.508 e. The van der Waals surface area contributed by atoms with Crippen molar-refractivity contribution in [2.45, 2.75) is 51.9 Å². The molecule has 0 unspecified atom stereocenters. The first-order valence-electron chi connectivity index (χ1n) is 12.1. The molecule has 1 saturated heterocycles. The van der Waals surface area contributed by atoms with Gasteiger partial charge in [-0.3, -0.25) is 4.79 Å². The minimum Gasteiger partial charge on any atom is -0.508 e. The molecule has 1 fully saturated rings. The molecule has 3 rings (SSSR count). The summed E-state index contributed by atoms with van der Waals surface area (Å²) >= 11 is 0. The Morgan fingerprint density at radius 3 is 2.22 bits per heavy atom. The molecule has 0 aromatic heterocycles. The van der Waals surface area contributed by atoms with Gasteiger partial charge in [0.25, 0.3) is 0 Å². The highest BCUT2D eigenvalue weighted by atomic mass is 16.6. The van der Waals surface area contributed by atoms with E-state index < -0.39 is 23.8 Å². The summed E-state index contributed by atoms with van der Waals surface area (Å²) in [6.45, 7) is 7.02. The van der Waals surface area contributed by atoms with Crippen molar-refractivity contribution in [2.24, 2.45) is 0 Å². The average molecular weight is 498 g/mol. The first-order valence-corrected chi connectivity index (χ1v) is 12.1. The number of carbonyl (C=O) groups excluding carboxylic acids is 3. The van der Waals surface area contributed by atoms with Crippen molar-refractivity contribution in [3.8, 4) is 5.75 Å². The van der Waals surface area contributed by atoms with Gasteiger partial charge in [-0.2, -0.15) is 0 Å². The summed E-state index contributed by atoms with van der Waals surface area (Å²) in [6.07, 6.45) is -0.274. The summed E-state index contributed by atoms with van der Waals surface area (Å²) in [4.78, 5) is 41.8. The smallest absolute Gasteiger partial charge is 0.410 e. The molecule has 1 heterocycles. The Morgan fingerprint density at radius 1 is 0.917 bits per heavy atom. The molecule has 1 atom stereocenters. The van der Waals surface area contributed by atoms with E-state index >= 15 is 0 Å². The molecule has 0 aliphatic carbocycles. The highest BCUT2D eigenvalue weighted by Crippen LogP contribution is 2.15. The Kier molecular flexibility index (Phi) is 9.16. The molecule has 3 amide bonds. The van der Waals surface area contributed by atoms with Crippen LogP contribution >= 0.6 is 0 Å². The van der Waals surface area contributed by atoms with E-state index in [4.69, 9.17) is 9.47 Å². The second-order valence-electron chi connectivity index (χ2n) is 9.78. The van der Waals surface area contributed by atoms with Gasteiger partial charge >= 0.3 is 12.2 Å². The standard InChI is InChI=1S/C27H35N3O6/c1-27(2,3)36-25(33)28-23(18-20-10-12-22(31)13-11-20)24(32)29-14-7-15-30(17-16-29)26(34)35-19-21-8-5-4-6-9-21/h4-6,8-13,23,31H,7,14-19H2,1-3H3,(H,28,33)/t23-/m0/s1. The number of benzene rings is 2. The number of hydrogen-bond donors (Lipinski definition) is 2. The lowest BCUT2D eigenvalue weighted by atomic mass is 10.0. The fourth-order valence-electron chi connectivity index (χ4n) is 3.87. The Bertz CT molecular complexity index is 1020. The van der Waals surface area contributed by atoms with Crippen molar-refractivity contribution in [2.75, 3.05) is 26.2 Å². The summed E-state index contributed by atoms with van der Waals surface area (Å²) < 4.78 is 10.8. The van der Waals surface area contributed by atoms with Crippen LogP contribution in [0.25, 0.3) is 0 Å². The molecular formula is C27H35N3O6. The molecule has 2 aromatic carbocycles. The van der Waals surface area contributed by atoms with Crippen molar-refractivity contribution < 1.29 is 29.0 Å². The van der Waals surface area contributed by atoms with Gasteiger partial charge < -0.3 is 29.7 Å². The SMILES string of the molecule is CC(C)(C)OC(=O)N[C@@H](Cc1ccc(O)cc1)C(=O)N1CCCN(C(=O)OCc2ccccc2)CC1. The van der Waals surface area contributed by atoms with E-state index in [0.717, 1.165) is 11.1 Å². The molecular weight excluding hydrogens is 462 g/mol. The summed E-state index contributed by atoms with van der Waals surface area (Å²) in [5, 5.41) is 12.3. The number of aromatic hydroxyl groups is 1. The average Bonchev–Trinajstić information content (AvgIpc) is 3.09. The van der Waals surface area contributed by atoms with E-state index in [2.05, 4.69) is 5.32 Å². The Morgan fingerprint density at radius 2 is 1.56 bits per heavy atom. The van der Waals surface area contributed by atoms with Gasteiger partial charge in [0.15, 0.2) is 0 Å². The zero-order chi connectivity index (χ0) is 26.1. The molecule has 36 heavy (non-hydrogen) atoms. The van der Waals surface area contributed by atoms with Crippen LogP contribution in [0.3, 0.4) is 0 Å². The topological polar surface area (TPSA) is 108 Å². The van der Waals surface area contributed by atoms with Gasteiger partial charge in [0.2, 0.25) is 5.91 Å². The first kappa shape index (κ1) is 26.8. The van der Waals surface area contributed by atoms with Crippen LogP contribution in [0.15, 0.2) is 54.6 Å². The summed E-state index contributed by atoms with van der Waals surface area (Å²) in [5.74, 6) is -0.137. The fraction of sp³-hybridized carbons (Fsp3) is 0.444. The van der Waals surface area contributed by atoms with E-state index in [-0.39, 0.29) is 24.7 Å². The molecule has 2 aromatic rings. The second-order valence-corrected chi connectivity index (χ2v) is 9.78. The number of amides is 3. The van der Waals surface area contributed by atoms with Gasteiger partial charge in [-0.1, -0.05) is 42.5 Å². The van der Waals surface area contributed by atoms with Crippen LogP contribution in [-0.4, -0.2) is 70.8 Å². The second kappa shape index (κ2) is 12.3. The third-order valence-electron chi connectivity index (χ3n) is 5.64. The molecule has 1 aliphatic rings. The highest BCUT2D eigenvalue weighted by molar-refractivity contribution is 5.86. The van der Waals surface area contributed by atoms with E-state index in [0.29, 0.717) is 32.6 Å². The number of rotatable bonds is 6. The predicted octanol–water partition coefficient (Wildman–Crippen LogP) is 3.70. The normalized spacial score (nSPS) is 15.0. The molecule has 2 N–H and O–H groups in total. The maximum Gasteiger partial charge on any atom is 0.410 e. The van der Waals surface area contributed by atoms with Gasteiger partial charge in [0.1, 0.15) is 24.0 Å². The molecule has 1 aliphatic heterocycles. The lowest BCUT2D eigenvalue weighted by Gasteiger charge is -2.28. The number of carbonyl (C=O) groups is 3. The zero-order valence-electron chi connectivity index (χ0n) is 21.1. The van der Waals surface area contributed by atoms with Crippen molar-refractivity contribution in [1.82, 2.24) is 15.1 Å². The number of hydrogen-bond acceptors (Lipinski definition) is 6. The third-order valence-corrected chi connectivity index (χ3v) is 5.64. The third kappa shape index (κ3) is 8.48. The number of phenolic OH excluding ortho intramolecular Hbond substituents is 1. The minimum atomic E-state index is -0.860. The number of phenols is 1. The number of alkyl carbamates (subject to hydrolysis) is 1. The lowest BCUT2D eigenvalue weighted by molar-refractivity contribution is -0.133. The van der Waals surface area contributed by atoms with Gasteiger partial charge in [0, 0.05) is 32.6 Å². The van der Waals surface area contributed by atoms with Crippen LogP contribution in [-0.2, 0) is 27.3 Å². The number of nitrogens with one attached hydrogen (secondary N) is 1. The van der Waals surface area contributed by atoms with Crippen LogP contribution in [0.1, 0.15) is 38.3 Å². The van der Waals surface area contributed by atoms with Crippen LogP contribution < -0.4 is 5.32 Å². The van der Waals surface area contributed by atoms with Crippen LogP contribution in [0.4, 0.5) is 9.59 Å². The Hall–Kier alpha value is -3.75. The van der Waals surface area contributed by atoms with Gasteiger partial charge in [-0.05, 0) is 50.5 Å². The molecule has 194 valence electrons. The van der Waals surface area contributed by atoms with E-state index in [1.54, 1.807) is 42.7 Å². The van der Waals surface area contributed by atoms with E-state index in [1.165, 1.54) is 12.1 Å². The maximum atomic E-state index is 13.5. The summed E-state index contributed by atoms with van der Waals surface area (Å²) in [7, 11) is 0. The van der Waals surface area contributed by atoms with Crippen LogP contribution in [0.5, 0.6) is 5.75 Å². The highest BCUT2D eigenvalue weighted by Gasteiger charge is 2.30. The maximum absolute atomic E-state index is 13.5. The zero-order valence-corrected chi connectivity index (χ0v) is 21.1. The first-order chi connectivity index (χ1) is 17.1.